The Kier molecular flexibility index (Phi) is 4.48. The van der Waals surface area contributed by atoms with E-state index in [0.29, 0.717) is 22.5 Å². The summed E-state index contributed by atoms with van der Waals surface area (Å²) in [6, 6.07) is 21.3. The summed E-state index contributed by atoms with van der Waals surface area (Å²) in [5.74, 6) is -0.781. The number of benzene rings is 3. The molecule has 0 radical (unpaired) electrons. The summed E-state index contributed by atoms with van der Waals surface area (Å²) in [4.78, 5) is 23.3. The second-order valence-corrected chi connectivity index (χ2v) is 5.60. The molecule has 124 valence electrons. The van der Waals surface area contributed by atoms with Gasteiger partial charge in [-0.25, -0.2) is 0 Å². The molecule has 0 atom stereocenters. The van der Waals surface area contributed by atoms with Crippen molar-refractivity contribution in [3.05, 3.63) is 83.9 Å². The molecule has 0 bridgehead atoms. The van der Waals surface area contributed by atoms with E-state index >= 15 is 0 Å². The largest absolute Gasteiger partial charge is 0.399 e. The third kappa shape index (κ3) is 3.84. The van der Waals surface area contributed by atoms with Gasteiger partial charge < -0.3 is 16.8 Å². The van der Waals surface area contributed by atoms with Crippen molar-refractivity contribution in [3.8, 4) is 11.1 Å². The highest BCUT2D eigenvalue weighted by Gasteiger charge is 2.08. The Morgan fingerprint density at radius 1 is 0.760 bits per heavy atom. The lowest BCUT2D eigenvalue weighted by molar-refractivity contribution is 0.0995. The predicted molar refractivity (Wildman–Crippen MR) is 99.2 cm³/mol. The molecule has 0 saturated heterocycles. The summed E-state index contributed by atoms with van der Waals surface area (Å²) in [5.41, 5.74) is 15.2. The Labute approximate surface area is 145 Å². The van der Waals surface area contributed by atoms with Gasteiger partial charge >= 0.3 is 0 Å². The molecule has 0 aromatic heterocycles. The van der Waals surface area contributed by atoms with Crippen molar-refractivity contribution in [1.29, 1.82) is 0 Å². The molecular formula is C20H17N3O2. The highest BCUT2D eigenvalue weighted by molar-refractivity contribution is 6.05. The van der Waals surface area contributed by atoms with Crippen molar-refractivity contribution in [1.82, 2.24) is 0 Å². The van der Waals surface area contributed by atoms with Crippen LogP contribution in [0.2, 0.25) is 0 Å². The molecule has 0 spiro atoms. The predicted octanol–water partition coefficient (Wildman–Crippen LogP) is 3.29. The first-order chi connectivity index (χ1) is 12.0. The van der Waals surface area contributed by atoms with Crippen molar-refractivity contribution >= 4 is 23.2 Å². The molecule has 0 saturated carbocycles. The van der Waals surface area contributed by atoms with E-state index < -0.39 is 5.91 Å². The summed E-state index contributed by atoms with van der Waals surface area (Å²) >= 11 is 0. The lowest BCUT2D eigenvalue weighted by Gasteiger charge is -2.08. The van der Waals surface area contributed by atoms with Crippen LogP contribution in [-0.2, 0) is 0 Å². The second-order valence-electron chi connectivity index (χ2n) is 5.60. The Balaban J connectivity index is 1.72. The lowest BCUT2D eigenvalue weighted by atomic mass is 10.0. The molecule has 0 fully saturated rings. The van der Waals surface area contributed by atoms with Crippen LogP contribution in [0.4, 0.5) is 11.4 Å². The smallest absolute Gasteiger partial charge is 0.255 e. The molecule has 3 rings (SSSR count). The first-order valence-electron chi connectivity index (χ1n) is 7.70. The van der Waals surface area contributed by atoms with E-state index in [-0.39, 0.29) is 5.91 Å². The van der Waals surface area contributed by atoms with Crippen molar-refractivity contribution in [2.24, 2.45) is 5.73 Å². The number of carbonyl (C=O) groups excluding carboxylic acids is 2. The van der Waals surface area contributed by atoms with E-state index in [1.54, 1.807) is 12.1 Å². The van der Waals surface area contributed by atoms with Crippen molar-refractivity contribution in [3.63, 3.8) is 0 Å². The molecule has 5 heteroatoms. The molecule has 0 aliphatic heterocycles. The number of nitrogen functional groups attached to an aromatic ring is 1. The van der Waals surface area contributed by atoms with Crippen LogP contribution in [0.3, 0.4) is 0 Å². The SMILES string of the molecule is NC(=O)c1ccc(C(=O)Nc2ccc(-c3cccc(N)c3)cc2)cc1. The summed E-state index contributed by atoms with van der Waals surface area (Å²) in [6.07, 6.45) is 0. The monoisotopic (exact) mass is 331 g/mol. The number of rotatable bonds is 4. The van der Waals surface area contributed by atoms with Crippen LogP contribution in [-0.4, -0.2) is 11.8 Å². The zero-order valence-corrected chi connectivity index (χ0v) is 13.4. The molecule has 25 heavy (non-hydrogen) atoms. The highest BCUT2D eigenvalue weighted by Crippen LogP contribution is 2.23. The molecule has 3 aromatic carbocycles. The van der Waals surface area contributed by atoms with E-state index in [9.17, 15) is 9.59 Å². The van der Waals surface area contributed by atoms with E-state index in [1.165, 1.54) is 12.1 Å². The molecule has 0 aliphatic rings. The minimum atomic E-state index is -0.524. The summed E-state index contributed by atoms with van der Waals surface area (Å²) in [5, 5.41) is 2.82. The summed E-state index contributed by atoms with van der Waals surface area (Å²) in [6.45, 7) is 0. The van der Waals surface area contributed by atoms with Crippen molar-refractivity contribution < 1.29 is 9.59 Å². The van der Waals surface area contributed by atoms with Gasteiger partial charge in [-0.1, -0.05) is 24.3 Å². The van der Waals surface area contributed by atoms with E-state index in [0.717, 1.165) is 11.1 Å². The second kappa shape index (κ2) is 6.88. The lowest BCUT2D eigenvalue weighted by Crippen LogP contribution is -2.14. The number of hydrogen-bond acceptors (Lipinski definition) is 3. The Morgan fingerprint density at radius 3 is 2.00 bits per heavy atom. The number of nitrogens with one attached hydrogen (secondary N) is 1. The van der Waals surface area contributed by atoms with Gasteiger partial charge in [0, 0.05) is 22.5 Å². The molecule has 0 aliphatic carbocycles. The minimum absolute atomic E-state index is 0.257. The number of carbonyl (C=O) groups is 2. The van der Waals surface area contributed by atoms with Crippen LogP contribution in [0.1, 0.15) is 20.7 Å². The van der Waals surface area contributed by atoms with Crippen LogP contribution >= 0.6 is 0 Å². The first kappa shape index (κ1) is 16.3. The maximum atomic E-state index is 12.3. The third-order valence-electron chi connectivity index (χ3n) is 3.79. The summed E-state index contributed by atoms with van der Waals surface area (Å²) < 4.78 is 0. The average molecular weight is 331 g/mol. The fraction of sp³-hybridized carbons (Fsp3) is 0. The molecule has 0 unspecified atom stereocenters. The van der Waals surface area contributed by atoms with Crippen LogP contribution in [0, 0.1) is 0 Å². The standard InChI is InChI=1S/C20H17N3O2/c21-17-3-1-2-16(12-17)13-8-10-18(11-9-13)23-20(25)15-6-4-14(5-7-15)19(22)24/h1-12H,21H2,(H2,22,24)(H,23,25). The van der Waals surface area contributed by atoms with Gasteiger partial charge in [0.15, 0.2) is 0 Å². The number of amides is 2. The molecule has 5 nitrogen and oxygen atoms in total. The number of primary amides is 1. The van der Waals surface area contributed by atoms with Gasteiger partial charge in [-0.3, -0.25) is 9.59 Å². The van der Waals surface area contributed by atoms with Crippen LogP contribution in [0.5, 0.6) is 0 Å². The van der Waals surface area contributed by atoms with Crippen molar-refractivity contribution in [2.75, 3.05) is 11.1 Å². The first-order valence-corrected chi connectivity index (χ1v) is 7.70. The van der Waals surface area contributed by atoms with Crippen LogP contribution in [0.25, 0.3) is 11.1 Å². The van der Waals surface area contributed by atoms with Gasteiger partial charge in [0.05, 0.1) is 0 Å². The van der Waals surface area contributed by atoms with Crippen molar-refractivity contribution in [2.45, 2.75) is 0 Å². The van der Waals surface area contributed by atoms with Gasteiger partial charge in [0.1, 0.15) is 0 Å². The van der Waals surface area contributed by atoms with Gasteiger partial charge in [-0.2, -0.15) is 0 Å². The summed E-state index contributed by atoms with van der Waals surface area (Å²) in [7, 11) is 0. The maximum absolute atomic E-state index is 12.3. The Bertz CT molecular complexity index is 916. The third-order valence-corrected chi connectivity index (χ3v) is 3.79. The topological polar surface area (TPSA) is 98.2 Å². The number of hydrogen-bond donors (Lipinski definition) is 3. The Morgan fingerprint density at radius 2 is 1.40 bits per heavy atom. The van der Waals surface area contributed by atoms with E-state index in [4.69, 9.17) is 11.5 Å². The fourth-order valence-electron chi connectivity index (χ4n) is 2.45. The zero-order chi connectivity index (χ0) is 17.8. The van der Waals surface area contributed by atoms with E-state index in [1.807, 2.05) is 48.5 Å². The van der Waals surface area contributed by atoms with E-state index in [2.05, 4.69) is 5.32 Å². The normalized spacial score (nSPS) is 10.2. The van der Waals surface area contributed by atoms with Gasteiger partial charge in [0.25, 0.3) is 5.91 Å². The quantitative estimate of drug-likeness (QED) is 0.640. The zero-order valence-electron chi connectivity index (χ0n) is 13.4. The number of nitrogens with two attached hydrogens (primary N) is 2. The van der Waals surface area contributed by atoms with Gasteiger partial charge in [-0.15, -0.1) is 0 Å². The van der Waals surface area contributed by atoms with Gasteiger partial charge in [-0.05, 0) is 59.7 Å². The van der Waals surface area contributed by atoms with Gasteiger partial charge in [0.2, 0.25) is 5.91 Å². The molecule has 2 amide bonds. The average Bonchev–Trinajstić information content (AvgIpc) is 2.62. The number of anilines is 2. The van der Waals surface area contributed by atoms with Crippen LogP contribution < -0.4 is 16.8 Å². The molecular weight excluding hydrogens is 314 g/mol. The maximum Gasteiger partial charge on any atom is 0.255 e. The minimum Gasteiger partial charge on any atom is -0.399 e. The Hall–Kier alpha value is -3.60. The van der Waals surface area contributed by atoms with Crippen LogP contribution in [0.15, 0.2) is 72.8 Å². The molecule has 0 heterocycles. The molecule has 5 N–H and O–H groups in total. The highest BCUT2D eigenvalue weighted by atomic mass is 16.2. The molecule has 3 aromatic rings. The fourth-order valence-corrected chi connectivity index (χ4v) is 2.45.